The lowest BCUT2D eigenvalue weighted by Gasteiger charge is -2.18. The number of nitrogens with zero attached hydrogens (tertiary/aromatic N) is 2. The van der Waals surface area contributed by atoms with Crippen LogP contribution in [0.4, 0.5) is 16.2 Å². The summed E-state index contributed by atoms with van der Waals surface area (Å²) in [6, 6.07) is 15.5. The Bertz CT molecular complexity index is 1380. The third kappa shape index (κ3) is 5.42. The monoisotopic (exact) mass is 522 g/mol. The number of anilines is 2. The number of carbonyl (C=O) groups excluding carboxylic acids is 1. The fraction of sp³-hybridized carbons (Fsp3) is 0.222. The summed E-state index contributed by atoms with van der Waals surface area (Å²) in [5.74, 6) is 0.349. The molecule has 0 radical (unpaired) electrons. The zero-order valence-electron chi connectivity index (χ0n) is 20.3. The molecule has 0 aliphatic rings. The molecule has 0 saturated heterocycles. The number of pyridine rings is 2. The van der Waals surface area contributed by atoms with E-state index in [1.807, 2.05) is 55.8 Å². The number of halogens is 1. The Morgan fingerprint density at radius 1 is 1.03 bits per heavy atom. The van der Waals surface area contributed by atoms with Crippen molar-refractivity contribution in [3.8, 4) is 11.1 Å². The normalized spacial score (nSPS) is 11.2. The second-order valence-electron chi connectivity index (χ2n) is 8.39. The van der Waals surface area contributed by atoms with Crippen LogP contribution in [0, 0.1) is 6.92 Å². The van der Waals surface area contributed by atoms with Crippen molar-refractivity contribution in [1.29, 1.82) is 0 Å². The molecule has 0 fully saturated rings. The number of aryl methyl sites for hydroxylation is 1. The van der Waals surface area contributed by atoms with Crippen molar-refractivity contribution in [3.05, 3.63) is 71.0 Å². The SMILES string of the molecule is CSc1cc(C)nc(SC)c1NC(=O)Nc1cnc2ccc(C(C)C)cc2c1-c1ccccc1Cl. The molecule has 8 heteroatoms. The first-order valence-corrected chi connectivity index (χ1v) is 14.0. The number of hydrogen-bond donors (Lipinski definition) is 2. The maximum Gasteiger partial charge on any atom is 0.323 e. The average molecular weight is 523 g/mol. The minimum absolute atomic E-state index is 0.349. The van der Waals surface area contributed by atoms with Gasteiger partial charge in [0.05, 0.1) is 23.1 Å². The van der Waals surface area contributed by atoms with E-state index in [0.717, 1.165) is 37.6 Å². The number of carbonyl (C=O) groups is 1. The summed E-state index contributed by atoms with van der Waals surface area (Å²) < 4.78 is 0. The molecule has 0 aliphatic carbocycles. The summed E-state index contributed by atoms with van der Waals surface area (Å²) in [5.41, 5.74) is 5.90. The van der Waals surface area contributed by atoms with Crippen molar-refractivity contribution >= 4 is 63.4 Å². The number of rotatable bonds is 6. The van der Waals surface area contributed by atoms with E-state index in [4.69, 9.17) is 11.6 Å². The highest BCUT2D eigenvalue weighted by molar-refractivity contribution is 7.99. The van der Waals surface area contributed by atoms with Crippen LogP contribution in [0.15, 0.2) is 64.6 Å². The van der Waals surface area contributed by atoms with Crippen LogP contribution in [0.5, 0.6) is 0 Å². The van der Waals surface area contributed by atoms with Crippen molar-refractivity contribution in [2.75, 3.05) is 23.1 Å². The largest absolute Gasteiger partial charge is 0.323 e. The molecule has 0 spiro atoms. The summed E-state index contributed by atoms with van der Waals surface area (Å²) in [7, 11) is 0. The van der Waals surface area contributed by atoms with E-state index >= 15 is 0 Å². The Labute approximate surface area is 219 Å². The molecule has 0 atom stereocenters. The van der Waals surface area contributed by atoms with Crippen molar-refractivity contribution in [2.24, 2.45) is 0 Å². The van der Waals surface area contributed by atoms with Gasteiger partial charge < -0.3 is 10.6 Å². The first-order chi connectivity index (χ1) is 16.8. The summed E-state index contributed by atoms with van der Waals surface area (Å²) in [6.07, 6.45) is 5.62. The lowest BCUT2D eigenvalue weighted by molar-refractivity contribution is 0.262. The van der Waals surface area contributed by atoms with Crippen LogP contribution in [-0.4, -0.2) is 28.5 Å². The zero-order chi connectivity index (χ0) is 25.1. The van der Waals surface area contributed by atoms with Crippen LogP contribution in [0.25, 0.3) is 22.0 Å². The Morgan fingerprint density at radius 2 is 1.80 bits per heavy atom. The van der Waals surface area contributed by atoms with Gasteiger partial charge in [-0.2, -0.15) is 0 Å². The first kappa shape index (κ1) is 25.4. The molecule has 5 nitrogen and oxygen atoms in total. The van der Waals surface area contributed by atoms with E-state index in [9.17, 15) is 4.79 Å². The average Bonchev–Trinajstić information content (AvgIpc) is 2.84. The van der Waals surface area contributed by atoms with E-state index in [2.05, 4.69) is 46.6 Å². The molecule has 4 rings (SSSR count). The molecule has 2 aromatic heterocycles. The zero-order valence-corrected chi connectivity index (χ0v) is 22.7. The Morgan fingerprint density at radius 3 is 2.49 bits per heavy atom. The lowest BCUT2D eigenvalue weighted by atomic mass is 9.95. The molecule has 35 heavy (non-hydrogen) atoms. The van der Waals surface area contributed by atoms with Crippen molar-refractivity contribution in [2.45, 2.75) is 36.6 Å². The van der Waals surface area contributed by atoms with Gasteiger partial charge in [-0.1, -0.05) is 49.7 Å². The number of amides is 2. The van der Waals surface area contributed by atoms with Crippen LogP contribution in [0.2, 0.25) is 5.02 Å². The smallest absolute Gasteiger partial charge is 0.306 e. The van der Waals surface area contributed by atoms with Gasteiger partial charge in [-0.05, 0) is 55.2 Å². The van der Waals surface area contributed by atoms with Gasteiger partial charge in [0.1, 0.15) is 5.03 Å². The maximum atomic E-state index is 13.3. The van der Waals surface area contributed by atoms with Gasteiger partial charge in [-0.3, -0.25) is 4.98 Å². The lowest BCUT2D eigenvalue weighted by Crippen LogP contribution is -2.21. The third-order valence-corrected chi connectivity index (χ3v) is 7.45. The molecule has 0 bridgehead atoms. The van der Waals surface area contributed by atoms with Crippen LogP contribution in [0.3, 0.4) is 0 Å². The number of aromatic nitrogens is 2. The molecular formula is C27H27ClN4OS2. The van der Waals surface area contributed by atoms with Gasteiger partial charge in [0.2, 0.25) is 0 Å². The second kappa shape index (κ2) is 10.9. The van der Waals surface area contributed by atoms with Gasteiger partial charge in [0, 0.05) is 32.1 Å². The van der Waals surface area contributed by atoms with Gasteiger partial charge >= 0.3 is 6.03 Å². The van der Waals surface area contributed by atoms with E-state index in [0.29, 0.717) is 22.3 Å². The van der Waals surface area contributed by atoms with Gasteiger partial charge in [0.15, 0.2) is 0 Å². The number of nitrogens with one attached hydrogen (secondary N) is 2. The van der Waals surface area contributed by atoms with Crippen LogP contribution in [-0.2, 0) is 0 Å². The Hall–Kier alpha value is -2.74. The summed E-state index contributed by atoms with van der Waals surface area (Å²) in [5, 5.41) is 8.36. The number of thioether (sulfide) groups is 2. The van der Waals surface area contributed by atoms with Crippen LogP contribution < -0.4 is 10.6 Å². The van der Waals surface area contributed by atoms with Crippen molar-refractivity contribution in [1.82, 2.24) is 9.97 Å². The molecule has 0 unspecified atom stereocenters. The Kier molecular flexibility index (Phi) is 7.89. The highest BCUT2D eigenvalue weighted by atomic mass is 35.5. The van der Waals surface area contributed by atoms with Crippen molar-refractivity contribution < 1.29 is 4.79 Å². The second-order valence-corrected chi connectivity index (χ2v) is 10.4. The Balaban J connectivity index is 1.81. The summed E-state index contributed by atoms with van der Waals surface area (Å²) in [4.78, 5) is 23.4. The standard InChI is InChI=1S/C27H27ClN4OS2/c1-15(2)17-10-11-21-19(13-17)24(18-8-6-7-9-20(18)28)22(14-29-21)31-27(33)32-25-23(34-4)12-16(3)30-26(25)35-5/h6-15H,1-5H3,(H2,31,32,33). The van der Waals surface area contributed by atoms with Crippen LogP contribution >= 0.6 is 35.1 Å². The van der Waals surface area contributed by atoms with Gasteiger partial charge in [-0.25, -0.2) is 9.78 Å². The molecule has 2 heterocycles. The van der Waals surface area contributed by atoms with Gasteiger partial charge in [-0.15, -0.1) is 23.5 Å². The topological polar surface area (TPSA) is 66.9 Å². The predicted molar refractivity (Wildman–Crippen MR) is 151 cm³/mol. The van der Waals surface area contributed by atoms with E-state index < -0.39 is 0 Å². The maximum absolute atomic E-state index is 13.3. The molecule has 2 N–H and O–H groups in total. The minimum atomic E-state index is -0.365. The fourth-order valence-corrected chi connectivity index (χ4v) is 5.46. The molecule has 4 aromatic rings. The number of urea groups is 1. The highest BCUT2D eigenvalue weighted by Crippen LogP contribution is 2.40. The molecule has 180 valence electrons. The molecular weight excluding hydrogens is 496 g/mol. The van der Waals surface area contributed by atoms with Gasteiger partial charge in [0.25, 0.3) is 0 Å². The number of hydrogen-bond acceptors (Lipinski definition) is 5. The molecule has 2 amide bonds. The number of benzene rings is 2. The highest BCUT2D eigenvalue weighted by Gasteiger charge is 2.19. The summed E-state index contributed by atoms with van der Waals surface area (Å²) >= 11 is 9.70. The number of fused-ring (bicyclic) bond motifs is 1. The van der Waals surface area contributed by atoms with E-state index in [1.54, 1.807) is 18.0 Å². The minimum Gasteiger partial charge on any atom is -0.306 e. The molecule has 0 saturated carbocycles. The predicted octanol–water partition coefficient (Wildman–Crippen LogP) is 8.47. The summed E-state index contributed by atoms with van der Waals surface area (Å²) in [6.45, 7) is 6.26. The quantitative estimate of drug-likeness (QED) is 0.248. The molecule has 0 aliphatic heterocycles. The van der Waals surface area contributed by atoms with Crippen molar-refractivity contribution in [3.63, 3.8) is 0 Å². The van der Waals surface area contributed by atoms with E-state index in [-0.39, 0.29) is 6.03 Å². The van der Waals surface area contributed by atoms with Crippen LogP contribution in [0.1, 0.15) is 31.0 Å². The molecule has 2 aromatic carbocycles. The third-order valence-electron chi connectivity index (χ3n) is 5.68. The fourth-order valence-electron chi connectivity index (χ4n) is 3.92. The first-order valence-electron chi connectivity index (χ1n) is 11.2. The van der Waals surface area contributed by atoms with E-state index in [1.165, 1.54) is 17.3 Å².